The van der Waals surface area contributed by atoms with Gasteiger partial charge in [0.1, 0.15) is 5.75 Å². The van der Waals surface area contributed by atoms with E-state index in [9.17, 15) is 0 Å². The minimum atomic E-state index is 0.667. The molecule has 134 valence electrons. The van der Waals surface area contributed by atoms with Crippen molar-refractivity contribution in [2.45, 2.75) is 33.2 Å². The number of rotatable bonds is 7. The quantitative estimate of drug-likeness (QED) is 0.595. The van der Waals surface area contributed by atoms with E-state index < -0.39 is 0 Å². The number of benzene rings is 1. The molecule has 1 saturated heterocycles. The van der Waals surface area contributed by atoms with Crippen LogP contribution < -0.4 is 15.4 Å². The molecule has 1 aromatic carbocycles. The van der Waals surface area contributed by atoms with Gasteiger partial charge in [-0.05, 0) is 49.9 Å². The van der Waals surface area contributed by atoms with Crippen LogP contribution in [-0.4, -0.2) is 50.7 Å². The molecule has 0 amide bonds. The van der Waals surface area contributed by atoms with Crippen LogP contribution in [0.1, 0.15) is 32.3 Å². The fourth-order valence-corrected chi connectivity index (χ4v) is 3.07. The zero-order chi connectivity index (χ0) is 17.2. The van der Waals surface area contributed by atoms with Gasteiger partial charge in [0.25, 0.3) is 0 Å². The van der Waals surface area contributed by atoms with Gasteiger partial charge in [-0.3, -0.25) is 0 Å². The van der Waals surface area contributed by atoms with Gasteiger partial charge in [0.05, 0.1) is 13.7 Å². The summed E-state index contributed by atoms with van der Waals surface area (Å²) in [5.41, 5.74) is 1.18. The monoisotopic (exact) mass is 332 g/mol. The van der Waals surface area contributed by atoms with Gasteiger partial charge in [0, 0.05) is 26.2 Å². The number of ether oxygens (including phenoxy) is 1. The van der Waals surface area contributed by atoms with Crippen LogP contribution in [0.5, 0.6) is 5.75 Å². The molecule has 24 heavy (non-hydrogen) atoms. The van der Waals surface area contributed by atoms with Crippen molar-refractivity contribution in [2.24, 2.45) is 10.9 Å². The summed E-state index contributed by atoms with van der Waals surface area (Å²) >= 11 is 0. The molecule has 0 bridgehead atoms. The normalized spacial score (nSPS) is 19.1. The third kappa shape index (κ3) is 6.40. The first-order valence-electron chi connectivity index (χ1n) is 9.08. The average molecular weight is 332 g/mol. The summed E-state index contributed by atoms with van der Waals surface area (Å²) in [5, 5.41) is 6.77. The van der Waals surface area contributed by atoms with Gasteiger partial charge in [-0.2, -0.15) is 0 Å². The van der Waals surface area contributed by atoms with Gasteiger partial charge < -0.3 is 20.3 Å². The maximum Gasteiger partial charge on any atom is 0.191 e. The Kier molecular flexibility index (Phi) is 7.89. The fraction of sp³-hybridized carbons (Fsp3) is 0.632. The van der Waals surface area contributed by atoms with Crippen molar-refractivity contribution in [3.8, 4) is 5.75 Å². The molecular weight excluding hydrogens is 300 g/mol. The van der Waals surface area contributed by atoms with Crippen molar-refractivity contribution in [3.05, 3.63) is 29.8 Å². The van der Waals surface area contributed by atoms with Crippen LogP contribution in [0.3, 0.4) is 0 Å². The molecular formula is C19H32N4O. The lowest BCUT2D eigenvalue weighted by atomic mass is 10.0. The standard InChI is InChI=1S/C19H32N4O/c1-4-20-19(21-11-13-23-12-5-6-16(2)15-23)22-14-17-7-9-18(24-3)10-8-17/h7-10,16H,4-6,11-15H2,1-3H3,(H2,20,21,22). The average Bonchev–Trinajstić information content (AvgIpc) is 2.60. The van der Waals surface area contributed by atoms with Crippen LogP contribution in [0, 0.1) is 5.92 Å². The minimum absolute atomic E-state index is 0.667. The first-order valence-corrected chi connectivity index (χ1v) is 9.08. The molecule has 1 atom stereocenters. The van der Waals surface area contributed by atoms with E-state index in [2.05, 4.69) is 46.5 Å². The van der Waals surface area contributed by atoms with Gasteiger partial charge in [-0.1, -0.05) is 19.1 Å². The van der Waals surface area contributed by atoms with E-state index in [1.165, 1.54) is 31.5 Å². The number of hydrogen-bond donors (Lipinski definition) is 2. The van der Waals surface area contributed by atoms with E-state index in [0.29, 0.717) is 6.54 Å². The molecule has 0 saturated carbocycles. The maximum absolute atomic E-state index is 5.19. The summed E-state index contributed by atoms with van der Waals surface area (Å²) in [6.07, 6.45) is 2.70. The van der Waals surface area contributed by atoms with E-state index in [1.807, 2.05) is 12.1 Å². The second-order valence-corrected chi connectivity index (χ2v) is 6.52. The summed E-state index contributed by atoms with van der Waals surface area (Å²) in [5.74, 6) is 2.60. The van der Waals surface area contributed by atoms with Crippen molar-refractivity contribution in [1.82, 2.24) is 15.5 Å². The van der Waals surface area contributed by atoms with Gasteiger partial charge in [0.2, 0.25) is 0 Å². The second kappa shape index (κ2) is 10.2. The minimum Gasteiger partial charge on any atom is -0.497 e. The smallest absolute Gasteiger partial charge is 0.191 e. The zero-order valence-electron chi connectivity index (χ0n) is 15.3. The van der Waals surface area contributed by atoms with E-state index in [-0.39, 0.29) is 0 Å². The molecule has 0 aliphatic carbocycles. The Bertz CT molecular complexity index is 501. The molecule has 1 unspecified atom stereocenters. The Morgan fingerprint density at radius 3 is 2.75 bits per heavy atom. The van der Waals surface area contributed by atoms with Gasteiger partial charge in [0.15, 0.2) is 5.96 Å². The summed E-state index contributed by atoms with van der Waals surface area (Å²) < 4.78 is 5.19. The molecule has 5 nitrogen and oxygen atoms in total. The number of nitrogens with zero attached hydrogens (tertiary/aromatic N) is 2. The molecule has 0 radical (unpaired) electrons. The Labute approximate surface area is 146 Å². The third-order valence-electron chi connectivity index (χ3n) is 4.38. The molecule has 5 heteroatoms. The molecule has 1 heterocycles. The fourth-order valence-electron chi connectivity index (χ4n) is 3.07. The van der Waals surface area contributed by atoms with E-state index in [0.717, 1.165) is 37.3 Å². The predicted octanol–water partition coefficient (Wildman–Crippen LogP) is 2.48. The summed E-state index contributed by atoms with van der Waals surface area (Å²) in [7, 11) is 1.68. The van der Waals surface area contributed by atoms with Gasteiger partial charge >= 0.3 is 0 Å². The first kappa shape index (κ1) is 18.6. The number of piperidine rings is 1. The number of guanidine groups is 1. The highest BCUT2D eigenvalue weighted by Crippen LogP contribution is 2.14. The summed E-state index contributed by atoms with van der Waals surface area (Å²) in [6, 6.07) is 8.06. The molecule has 1 fully saturated rings. The maximum atomic E-state index is 5.19. The molecule has 2 N–H and O–H groups in total. The van der Waals surface area contributed by atoms with Crippen molar-refractivity contribution >= 4 is 5.96 Å². The number of likely N-dealkylation sites (tertiary alicyclic amines) is 1. The lowest BCUT2D eigenvalue weighted by Crippen LogP contribution is -2.43. The summed E-state index contributed by atoms with van der Waals surface area (Å²) in [6.45, 7) is 10.4. The summed E-state index contributed by atoms with van der Waals surface area (Å²) in [4.78, 5) is 7.22. The number of hydrogen-bond acceptors (Lipinski definition) is 3. The predicted molar refractivity (Wildman–Crippen MR) is 101 cm³/mol. The van der Waals surface area contributed by atoms with Gasteiger partial charge in [-0.15, -0.1) is 0 Å². The Balaban J connectivity index is 1.79. The SMILES string of the molecule is CCNC(=NCc1ccc(OC)cc1)NCCN1CCCC(C)C1. The molecule has 1 aliphatic rings. The van der Waals surface area contributed by atoms with Crippen LogP contribution in [0.15, 0.2) is 29.3 Å². The van der Waals surface area contributed by atoms with Crippen LogP contribution in [0.2, 0.25) is 0 Å². The Morgan fingerprint density at radius 2 is 2.08 bits per heavy atom. The van der Waals surface area contributed by atoms with Crippen molar-refractivity contribution < 1.29 is 4.74 Å². The molecule has 1 aromatic rings. The first-order chi connectivity index (χ1) is 11.7. The third-order valence-corrected chi connectivity index (χ3v) is 4.38. The molecule has 1 aliphatic heterocycles. The lowest BCUT2D eigenvalue weighted by Gasteiger charge is -2.30. The Hall–Kier alpha value is -1.75. The number of aliphatic imine (C=N–C) groups is 1. The van der Waals surface area contributed by atoms with Crippen LogP contribution in [0.4, 0.5) is 0 Å². The van der Waals surface area contributed by atoms with E-state index >= 15 is 0 Å². The van der Waals surface area contributed by atoms with E-state index in [4.69, 9.17) is 4.74 Å². The zero-order valence-corrected chi connectivity index (χ0v) is 15.3. The highest BCUT2D eigenvalue weighted by Gasteiger charge is 2.15. The van der Waals surface area contributed by atoms with E-state index in [1.54, 1.807) is 7.11 Å². The van der Waals surface area contributed by atoms with Crippen LogP contribution in [0.25, 0.3) is 0 Å². The number of methoxy groups -OCH3 is 1. The molecule has 0 aromatic heterocycles. The number of nitrogens with one attached hydrogen (secondary N) is 2. The van der Waals surface area contributed by atoms with Crippen molar-refractivity contribution in [2.75, 3.05) is 39.8 Å². The highest BCUT2D eigenvalue weighted by molar-refractivity contribution is 5.79. The molecule has 0 spiro atoms. The lowest BCUT2D eigenvalue weighted by molar-refractivity contribution is 0.187. The van der Waals surface area contributed by atoms with Crippen LogP contribution in [-0.2, 0) is 6.54 Å². The molecule has 2 rings (SSSR count). The Morgan fingerprint density at radius 1 is 1.29 bits per heavy atom. The largest absolute Gasteiger partial charge is 0.497 e. The van der Waals surface area contributed by atoms with Gasteiger partial charge in [-0.25, -0.2) is 4.99 Å². The van der Waals surface area contributed by atoms with Crippen LogP contribution >= 0.6 is 0 Å². The topological polar surface area (TPSA) is 48.9 Å². The van der Waals surface area contributed by atoms with Crippen molar-refractivity contribution in [1.29, 1.82) is 0 Å². The van der Waals surface area contributed by atoms with Crippen molar-refractivity contribution in [3.63, 3.8) is 0 Å². The highest BCUT2D eigenvalue weighted by atomic mass is 16.5. The second-order valence-electron chi connectivity index (χ2n) is 6.52.